The molecule has 9 aromatic rings. The van der Waals surface area contributed by atoms with E-state index in [2.05, 4.69) is 15.0 Å². The molecule has 9 rings (SSSR count). The van der Waals surface area contributed by atoms with E-state index in [0.717, 1.165) is 51.7 Å². The van der Waals surface area contributed by atoms with E-state index in [1.165, 1.54) is 6.20 Å². The molecule has 14 heteroatoms. The van der Waals surface area contributed by atoms with E-state index in [4.69, 9.17) is 23.2 Å². The first-order chi connectivity index (χ1) is 25.2. The van der Waals surface area contributed by atoms with Crippen LogP contribution in [0.5, 0.6) is 0 Å². The van der Waals surface area contributed by atoms with Gasteiger partial charge in [-0.25, -0.2) is 0 Å². The molecular weight excluding hydrogens is 896 g/mol. The van der Waals surface area contributed by atoms with Crippen molar-refractivity contribution >= 4 is 96.3 Å². The van der Waals surface area contributed by atoms with Gasteiger partial charge < -0.3 is 0 Å². The van der Waals surface area contributed by atoms with Crippen LogP contribution < -0.4 is 16.7 Å². The second kappa shape index (κ2) is 15.7. The van der Waals surface area contributed by atoms with E-state index >= 15 is 0 Å². The van der Waals surface area contributed by atoms with Gasteiger partial charge in [0, 0.05) is 0 Å². The molecule has 0 spiro atoms. The van der Waals surface area contributed by atoms with E-state index in [1.54, 1.807) is 29.1 Å². The van der Waals surface area contributed by atoms with E-state index in [9.17, 15) is 14.4 Å². The van der Waals surface area contributed by atoms with Gasteiger partial charge in [0.15, 0.2) is 0 Å². The van der Waals surface area contributed by atoms with Gasteiger partial charge in [0.2, 0.25) is 0 Å². The predicted molar refractivity (Wildman–Crippen MR) is 212 cm³/mol. The van der Waals surface area contributed by atoms with Crippen molar-refractivity contribution in [1.29, 1.82) is 0 Å². The number of hydrogen-bond acceptors (Lipinski definition) is 6. The van der Waals surface area contributed by atoms with E-state index in [0.29, 0.717) is 15.9 Å². The first kappa shape index (κ1) is 36.0. The number of rotatable bonds is 3. The Morgan fingerprint density at radius 3 is 1.56 bits per heavy atom. The Morgan fingerprint density at radius 2 is 1.06 bits per heavy atom. The molecule has 0 aliphatic carbocycles. The quantitative estimate of drug-likeness (QED) is 0.194. The zero-order chi connectivity index (χ0) is 36.4. The molecule has 6 heterocycles. The first-order valence-corrected chi connectivity index (χ1v) is 21.3. The van der Waals surface area contributed by atoms with Crippen molar-refractivity contribution in [2.75, 3.05) is 0 Å². The Kier molecular flexibility index (Phi) is 10.9. The third-order valence-corrected chi connectivity index (χ3v) is 15.0. The molecule has 0 bridgehead atoms. The second-order valence-electron chi connectivity index (χ2n) is 11.4. The molecule has 0 amide bonds. The van der Waals surface area contributed by atoms with Gasteiger partial charge >= 0.3 is 327 Å². The number of fused-ring (bicyclic) bond motifs is 3. The fraction of sp³-hybridized carbons (Fsp3) is 0.0526. The topological polar surface area (TPSA) is 105 Å². The van der Waals surface area contributed by atoms with Crippen molar-refractivity contribution in [2.24, 2.45) is 0 Å². The average molecular weight is 922 g/mol. The summed E-state index contributed by atoms with van der Waals surface area (Å²) in [6.45, 7) is 3.97. The van der Waals surface area contributed by atoms with Crippen LogP contribution in [0.3, 0.4) is 0 Å². The zero-order valence-electron chi connectivity index (χ0n) is 27.4. The summed E-state index contributed by atoms with van der Waals surface area (Å²) in [7, 11) is 0. The summed E-state index contributed by atoms with van der Waals surface area (Å²) >= 11 is 11.8. The van der Waals surface area contributed by atoms with Crippen LogP contribution in [0, 0.1) is 13.8 Å². The first-order valence-electron chi connectivity index (χ1n) is 15.7. The molecule has 0 saturated heterocycles. The number of aryl methyl sites for hydroxylation is 2. The zero-order valence-corrected chi connectivity index (χ0v) is 34.1. The summed E-state index contributed by atoms with van der Waals surface area (Å²) in [6, 6.07) is 32.5. The molecule has 3 aromatic carbocycles. The molecule has 0 aliphatic heterocycles. The van der Waals surface area contributed by atoms with Gasteiger partial charge in [0.1, 0.15) is 0 Å². The third-order valence-electron chi connectivity index (χ3n) is 7.73. The molecule has 6 aromatic heterocycles. The Labute approximate surface area is 324 Å². The monoisotopic (exact) mass is 924 g/mol. The number of nitrogens with zero attached hydrogens (tertiary/aromatic N) is 6. The van der Waals surface area contributed by atoms with Crippen molar-refractivity contribution in [1.82, 2.24) is 25.6 Å². The average Bonchev–Trinajstić information content (AvgIpc) is 3.80. The molecule has 0 atom stereocenters. The van der Waals surface area contributed by atoms with Crippen LogP contribution in [0.1, 0.15) is 11.1 Å². The second-order valence-corrected chi connectivity index (χ2v) is 18.4. The predicted octanol–water partition coefficient (Wildman–Crippen LogP) is 6.25. The van der Waals surface area contributed by atoms with Gasteiger partial charge in [-0.1, -0.05) is 0 Å². The van der Waals surface area contributed by atoms with Crippen LogP contribution in [-0.2, 0) is 0 Å². The number of benzene rings is 3. The maximum absolute atomic E-state index is 12.3. The normalized spacial score (nSPS) is 10.9. The van der Waals surface area contributed by atoms with Gasteiger partial charge in [-0.05, 0) is 0 Å². The van der Waals surface area contributed by atoms with Crippen LogP contribution in [0.25, 0.3) is 46.4 Å². The SMILES string of the molecule is Cc1ccc(-n2[se]c3ccccc3c2=O)nc1.Cc1cccnc1-n1[se]c2ccccc2c1=O.O=c1c2ccccc2[se]n1-c1ncc(Cl)cc1Cl. The molecule has 0 radical (unpaired) electrons. The molecule has 0 saturated carbocycles. The van der Waals surface area contributed by atoms with E-state index in [-0.39, 0.29) is 60.9 Å². The molecule has 0 unspecified atom stereocenters. The summed E-state index contributed by atoms with van der Waals surface area (Å²) in [5.74, 6) is 2.01. The fourth-order valence-electron chi connectivity index (χ4n) is 5.17. The van der Waals surface area contributed by atoms with Crippen LogP contribution in [0.4, 0.5) is 0 Å². The molecule has 0 N–H and O–H groups in total. The minimum absolute atomic E-state index is 0.00674. The molecular formula is C38H26Cl2N6O3Se3. The maximum atomic E-state index is 12.3. The minimum atomic E-state index is -0.127. The van der Waals surface area contributed by atoms with Crippen molar-refractivity contribution in [2.45, 2.75) is 13.8 Å². The summed E-state index contributed by atoms with van der Waals surface area (Å²) in [5, 5.41) is 3.21. The van der Waals surface area contributed by atoms with Crippen molar-refractivity contribution in [3.05, 3.63) is 174 Å². The number of pyridine rings is 3. The Balaban J connectivity index is 0.000000121. The van der Waals surface area contributed by atoms with Crippen molar-refractivity contribution in [3.63, 3.8) is 0 Å². The van der Waals surface area contributed by atoms with Gasteiger partial charge in [-0.2, -0.15) is 0 Å². The molecule has 52 heavy (non-hydrogen) atoms. The van der Waals surface area contributed by atoms with Crippen LogP contribution in [0.2, 0.25) is 10.0 Å². The van der Waals surface area contributed by atoms with Gasteiger partial charge in [-0.3, -0.25) is 0 Å². The van der Waals surface area contributed by atoms with Crippen molar-refractivity contribution in [3.8, 4) is 17.5 Å². The number of halogens is 2. The molecule has 0 fully saturated rings. The van der Waals surface area contributed by atoms with Gasteiger partial charge in [0.25, 0.3) is 0 Å². The summed E-state index contributed by atoms with van der Waals surface area (Å²) in [5.41, 5.74) is 2.22. The van der Waals surface area contributed by atoms with Crippen LogP contribution >= 0.6 is 23.2 Å². The Hall–Kier alpha value is -4.34. The van der Waals surface area contributed by atoms with Gasteiger partial charge in [0.05, 0.1) is 0 Å². The van der Waals surface area contributed by atoms with E-state index < -0.39 is 0 Å². The van der Waals surface area contributed by atoms with Crippen LogP contribution in [-0.4, -0.2) is 69.8 Å². The van der Waals surface area contributed by atoms with E-state index in [1.807, 2.05) is 111 Å². The summed E-state index contributed by atoms with van der Waals surface area (Å²) in [6.07, 6.45) is 5.02. The van der Waals surface area contributed by atoms with Crippen molar-refractivity contribution < 1.29 is 0 Å². The third kappa shape index (κ3) is 7.44. The summed E-state index contributed by atoms with van der Waals surface area (Å²) in [4.78, 5) is 49.5. The van der Waals surface area contributed by atoms with Crippen LogP contribution in [0.15, 0.2) is 136 Å². The number of aromatic nitrogens is 6. The summed E-state index contributed by atoms with van der Waals surface area (Å²) < 4.78 is 8.51. The molecule has 258 valence electrons. The standard InChI is InChI=1S/2C13H10N2OSe.C12H6Cl2N2OSe/c1-9-5-4-8-14-12(9)15-13(16)10-6-2-3-7-11(10)17-15;1-9-6-7-12(14-8-9)15-13(16)10-4-2-3-5-11(10)17-15;13-7-5-9(14)11(15-6-7)16-12(17)8-3-1-2-4-10(8)18-16/h2*2-8H,1H3;1-6H. The van der Waals surface area contributed by atoms with Gasteiger partial charge in [-0.15, -0.1) is 0 Å². The Bertz CT molecular complexity index is 2890. The molecule has 0 aliphatic rings. The molecule has 9 nitrogen and oxygen atoms in total. The Morgan fingerprint density at radius 1 is 0.538 bits per heavy atom. The number of hydrogen-bond donors (Lipinski definition) is 0. The fourth-order valence-corrected chi connectivity index (χ4v) is 12.1.